The number of ether oxygens (including phenoxy) is 1. The Bertz CT molecular complexity index is 1330. The predicted octanol–water partition coefficient (Wildman–Crippen LogP) is 2.87. The normalized spacial score (nSPS) is 16.2. The van der Waals surface area contributed by atoms with E-state index >= 15 is 0 Å². The van der Waals surface area contributed by atoms with Crippen LogP contribution in [0, 0.1) is 6.92 Å². The molecule has 2 aromatic heterocycles. The second-order valence-corrected chi connectivity index (χ2v) is 7.84. The molecule has 0 aliphatic carbocycles. The Morgan fingerprint density at radius 3 is 2.70 bits per heavy atom. The second-order valence-electron chi connectivity index (χ2n) is 6.83. The number of rotatable bonds is 5. The fourth-order valence-corrected chi connectivity index (χ4v) is 4.43. The van der Waals surface area contributed by atoms with Gasteiger partial charge in [0.15, 0.2) is 4.80 Å². The van der Waals surface area contributed by atoms with Gasteiger partial charge in [0.2, 0.25) is 0 Å². The number of fused-ring (bicyclic) bond motifs is 1. The quantitative estimate of drug-likeness (QED) is 0.470. The van der Waals surface area contributed by atoms with Gasteiger partial charge in [-0.05, 0) is 31.5 Å². The molecule has 0 N–H and O–H groups in total. The molecular weight excluding hydrogens is 400 g/mol. The standard InChI is InChI=1S/C23H20N2O4S/c1-4-12-28-22(27)19-15(3)24-23-25(20(19)16-8-6-5-7-9-16)21(26)18(30-23)13-17-11-10-14(2)29-17/h4-11,13,20H,1,12H2,2-3H3/t20-/m1/s1. The molecule has 1 aromatic carbocycles. The molecular formula is C23H20N2O4S. The molecule has 3 heterocycles. The number of furan rings is 1. The summed E-state index contributed by atoms with van der Waals surface area (Å²) in [4.78, 5) is 31.3. The highest BCUT2D eigenvalue weighted by molar-refractivity contribution is 7.07. The highest BCUT2D eigenvalue weighted by Crippen LogP contribution is 2.30. The van der Waals surface area contributed by atoms with Crippen molar-refractivity contribution in [3.8, 4) is 0 Å². The third kappa shape index (κ3) is 3.59. The van der Waals surface area contributed by atoms with Crippen molar-refractivity contribution in [1.29, 1.82) is 0 Å². The average Bonchev–Trinajstić information content (AvgIpc) is 3.28. The fraction of sp³-hybridized carbons (Fsp3) is 0.174. The molecule has 6 nitrogen and oxygen atoms in total. The lowest BCUT2D eigenvalue weighted by molar-refractivity contribution is -0.138. The molecule has 7 heteroatoms. The lowest BCUT2D eigenvalue weighted by Gasteiger charge is -2.24. The number of carbonyl (C=O) groups excluding carboxylic acids is 1. The van der Waals surface area contributed by atoms with Gasteiger partial charge >= 0.3 is 5.97 Å². The number of esters is 1. The molecule has 0 unspecified atom stereocenters. The Morgan fingerprint density at radius 2 is 2.03 bits per heavy atom. The van der Waals surface area contributed by atoms with E-state index in [0.717, 1.165) is 11.3 Å². The van der Waals surface area contributed by atoms with Gasteiger partial charge in [0.05, 0.1) is 21.8 Å². The molecule has 1 aliphatic heterocycles. The van der Waals surface area contributed by atoms with Gasteiger partial charge in [0.1, 0.15) is 18.1 Å². The van der Waals surface area contributed by atoms with Crippen molar-refractivity contribution in [2.24, 2.45) is 4.99 Å². The fourth-order valence-electron chi connectivity index (χ4n) is 3.41. The molecule has 3 aromatic rings. The van der Waals surface area contributed by atoms with Gasteiger partial charge < -0.3 is 9.15 Å². The van der Waals surface area contributed by atoms with Crippen molar-refractivity contribution in [2.45, 2.75) is 19.9 Å². The number of carbonyl (C=O) groups is 1. The summed E-state index contributed by atoms with van der Waals surface area (Å²) in [6.07, 6.45) is 3.21. The van der Waals surface area contributed by atoms with E-state index < -0.39 is 12.0 Å². The van der Waals surface area contributed by atoms with Crippen LogP contribution in [0.15, 0.2) is 80.6 Å². The number of hydrogen-bond acceptors (Lipinski definition) is 6. The summed E-state index contributed by atoms with van der Waals surface area (Å²) in [5, 5.41) is 0. The number of nitrogens with zero attached hydrogens (tertiary/aromatic N) is 2. The van der Waals surface area contributed by atoms with Gasteiger partial charge in [-0.15, -0.1) is 0 Å². The van der Waals surface area contributed by atoms with E-state index in [-0.39, 0.29) is 12.2 Å². The second kappa shape index (κ2) is 8.12. The van der Waals surface area contributed by atoms with Gasteiger partial charge in [-0.1, -0.05) is 54.3 Å². The summed E-state index contributed by atoms with van der Waals surface area (Å²) in [7, 11) is 0. The number of hydrogen-bond donors (Lipinski definition) is 0. The number of thiazole rings is 1. The molecule has 0 fully saturated rings. The van der Waals surface area contributed by atoms with Crippen molar-refractivity contribution in [3.63, 3.8) is 0 Å². The Kier molecular flexibility index (Phi) is 5.37. The average molecular weight is 420 g/mol. The van der Waals surface area contributed by atoms with Gasteiger partial charge in [0, 0.05) is 6.08 Å². The molecule has 4 rings (SSSR count). The maximum atomic E-state index is 13.3. The van der Waals surface area contributed by atoms with Crippen molar-refractivity contribution in [2.75, 3.05) is 6.61 Å². The summed E-state index contributed by atoms with van der Waals surface area (Å²) in [5.74, 6) is 0.843. The van der Waals surface area contributed by atoms with E-state index in [1.54, 1.807) is 17.6 Å². The third-order valence-corrected chi connectivity index (χ3v) is 5.71. The van der Waals surface area contributed by atoms with Crippen LogP contribution in [-0.4, -0.2) is 17.1 Å². The van der Waals surface area contributed by atoms with Crippen molar-refractivity contribution >= 4 is 23.4 Å². The van der Waals surface area contributed by atoms with Crippen LogP contribution in [0.1, 0.15) is 30.0 Å². The first-order chi connectivity index (χ1) is 14.5. The lowest BCUT2D eigenvalue weighted by atomic mass is 9.96. The van der Waals surface area contributed by atoms with E-state index in [9.17, 15) is 9.59 Å². The van der Waals surface area contributed by atoms with E-state index in [0.29, 0.717) is 26.4 Å². The smallest absolute Gasteiger partial charge is 0.338 e. The molecule has 152 valence electrons. The van der Waals surface area contributed by atoms with Crippen LogP contribution in [0.5, 0.6) is 0 Å². The molecule has 0 saturated heterocycles. The number of allylic oxidation sites excluding steroid dienone is 1. The maximum Gasteiger partial charge on any atom is 0.338 e. The first-order valence-corrected chi connectivity index (χ1v) is 10.2. The Balaban J connectivity index is 1.93. The Hall–Kier alpha value is -3.45. The molecule has 0 bridgehead atoms. The monoisotopic (exact) mass is 420 g/mol. The zero-order valence-electron chi connectivity index (χ0n) is 16.6. The zero-order valence-corrected chi connectivity index (χ0v) is 17.4. The zero-order chi connectivity index (χ0) is 21.3. The highest BCUT2D eigenvalue weighted by Gasteiger charge is 2.33. The van der Waals surface area contributed by atoms with Crippen molar-refractivity contribution in [3.05, 3.63) is 103 Å². The highest BCUT2D eigenvalue weighted by atomic mass is 32.1. The first kappa shape index (κ1) is 19.8. The van der Waals surface area contributed by atoms with Crippen LogP contribution in [0.2, 0.25) is 0 Å². The molecule has 30 heavy (non-hydrogen) atoms. The van der Waals surface area contributed by atoms with Crippen LogP contribution in [0.4, 0.5) is 0 Å². The van der Waals surface area contributed by atoms with E-state index in [2.05, 4.69) is 11.6 Å². The minimum atomic E-state index is -0.625. The van der Waals surface area contributed by atoms with Crippen LogP contribution < -0.4 is 14.9 Å². The Morgan fingerprint density at radius 1 is 1.27 bits per heavy atom. The number of aromatic nitrogens is 1. The van der Waals surface area contributed by atoms with Crippen molar-refractivity contribution in [1.82, 2.24) is 4.57 Å². The minimum absolute atomic E-state index is 0.0827. The first-order valence-electron chi connectivity index (χ1n) is 9.41. The number of aryl methyl sites for hydroxylation is 1. The SMILES string of the molecule is C=CCOC(=O)C1=C(C)N=c2sc(=Cc3ccc(C)o3)c(=O)n2[C@@H]1c1ccccc1. The lowest BCUT2D eigenvalue weighted by Crippen LogP contribution is -2.39. The summed E-state index contributed by atoms with van der Waals surface area (Å²) >= 11 is 1.27. The predicted molar refractivity (Wildman–Crippen MR) is 115 cm³/mol. The minimum Gasteiger partial charge on any atom is -0.462 e. The van der Waals surface area contributed by atoms with Crippen LogP contribution in [0.3, 0.4) is 0 Å². The maximum absolute atomic E-state index is 13.3. The van der Waals surface area contributed by atoms with E-state index in [4.69, 9.17) is 9.15 Å². The molecule has 0 spiro atoms. The molecule has 0 radical (unpaired) electrons. The van der Waals surface area contributed by atoms with Gasteiger partial charge in [0.25, 0.3) is 5.56 Å². The summed E-state index contributed by atoms with van der Waals surface area (Å²) < 4.78 is 12.9. The van der Waals surface area contributed by atoms with Crippen molar-refractivity contribution < 1.29 is 13.9 Å². The van der Waals surface area contributed by atoms with E-state index in [1.165, 1.54) is 17.4 Å². The molecule has 0 amide bonds. The van der Waals surface area contributed by atoms with Crippen LogP contribution >= 0.6 is 11.3 Å². The summed E-state index contributed by atoms with van der Waals surface area (Å²) in [6, 6.07) is 12.4. The largest absolute Gasteiger partial charge is 0.462 e. The molecule has 0 saturated carbocycles. The molecule has 1 aliphatic rings. The Labute approximate surface area is 176 Å². The molecule has 1 atom stereocenters. The van der Waals surface area contributed by atoms with E-state index in [1.807, 2.05) is 49.4 Å². The van der Waals surface area contributed by atoms with Gasteiger partial charge in [-0.25, -0.2) is 9.79 Å². The van der Waals surface area contributed by atoms with Gasteiger partial charge in [-0.2, -0.15) is 0 Å². The topological polar surface area (TPSA) is 73.8 Å². The van der Waals surface area contributed by atoms with Gasteiger partial charge in [-0.3, -0.25) is 9.36 Å². The third-order valence-electron chi connectivity index (χ3n) is 4.72. The number of benzene rings is 1. The summed E-state index contributed by atoms with van der Waals surface area (Å²) in [6.45, 7) is 7.27. The van der Waals surface area contributed by atoms with Crippen LogP contribution in [-0.2, 0) is 9.53 Å². The summed E-state index contributed by atoms with van der Waals surface area (Å²) in [5.41, 5.74) is 1.44. The van der Waals surface area contributed by atoms with Crippen LogP contribution in [0.25, 0.3) is 6.08 Å².